The summed E-state index contributed by atoms with van der Waals surface area (Å²) in [7, 11) is 0. The predicted molar refractivity (Wildman–Crippen MR) is 75.2 cm³/mol. The largest absolute Gasteiger partial charge is 0.475 e. The summed E-state index contributed by atoms with van der Waals surface area (Å²) in [5.74, 6) is -2.92. The van der Waals surface area contributed by atoms with Crippen LogP contribution in [0.2, 0.25) is 0 Å². The van der Waals surface area contributed by atoms with E-state index < -0.39 is 24.0 Å². The maximum absolute atomic E-state index is 11.8. The van der Waals surface area contributed by atoms with Gasteiger partial charge >= 0.3 is 5.97 Å². The van der Waals surface area contributed by atoms with Crippen molar-refractivity contribution >= 4 is 17.5 Å². The number of hydrogen-bond donors (Lipinski definition) is 1. The third kappa shape index (κ3) is 3.45. The van der Waals surface area contributed by atoms with E-state index in [0.29, 0.717) is 5.76 Å². The quantitative estimate of drug-likeness (QED) is 0.519. The van der Waals surface area contributed by atoms with Crippen molar-refractivity contribution in [3.05, 3.63) is 47.2 Å². The average molecular weight is 286 g/mol. The number of aryl methyl sites for hydroxylation is 2. The lowest BCUT2D eigenvalue weighted by molar-refractivity contribution is -0.148. The number of aliphatic carboxylic acids is 1. The van der Waals surface area contributed by atoms with Crippen LogP contribution in [0.15, 0.2) is 34.7 Å². The third-order valence-electron chi connectivity index (χ3n) is 2.95. The lowest BCUT2D eigenvalue weighted by atomic mass is 10.1. The van der Waals surface area contributed by atoms with Crippen molar-refractivity contribution in [2.45, 2.75) is 20.3 Å². The number of rotatable bonds is 5. The summed E-state index contributed by atoms with van der Waals surface area (Å²) < 4.78 is 5.43. The van der Waals surface area contributed by atoms with E-state index in [-0.39, 0.29) is 5.76 Å². The van der Waals surface area contributed by atoms with E-state index in [4.69, 9.17) is 9.52 Å². The molecule has 2 aromatic rings. The van der Waals surface area contributed by atoms with Crippen LogP contribution in [-0.2, 0) is 9.59 Å². The van der Waals surface area contributed by atoms with E-state index in [1.165, 1.54) is 6.07 Å². The molecule has 0 bridgehead atoms. The molecule has 0 saturated carbocycles. The number of Topliss-reactive ketones (excluding diaryl/α,β-unsaturated/α-hetero) is 2. The van der Waals surface area contributed by atoms with Crippen LogP contribution in [0, 0.1) is 13.8 Å². The Morgan fingerprint density at radius 3 is 2.24 bits per heavy atom. The van der Waals surface area contributed by atoms with Crippen LogP contribution in [0.25, 0.3) is 11.3 Å². The fourth-order valence-corrected chi connectivity index (χ4v) is 2.07. The highest BCUT2D eigenvalue weighted by atomic mass is 16.4. The zero-order valence-corrected chi connectivity index (χ0v) is 11.7. The smallest absolute Gasteiger partial charge is 0.372 e. The Hall–Kier alpha value is -2.69. The number of carboxylic acids is 1. The highest BCUT2D eigenvalue weighted by molar-refractivity contribution is 6.37. The van der Waals surface area contributed by atoms with Crippen LogP contribution in [-0.4, -0.2) is 22.6 Å². The van der Waals surface area contributed by atoms with E-state index in [1.807, 2.05) is 32.0 Å². The minimum absolute atomic E-state index is 0.0150. The van der Waals surface area contributed by atoms with E-state index in [1.54, 1.807) is 6.07 Å². The van der Waals surface area contributed by atoms with Gasteiger partial charge in [0.05, 0.1) is 6.42 Å². The molecular formula is C16H14O5. The standard InChI is InChI=1S/C16H14O5/c1-9-5-10(2)7-11(6-9)14-3-4-15(21-14)12(17)8-13(18)16(19)20/h3-7H,8H2,1-2H3,(H,19,20). The van der Waals surface area contributed by atoms with Gasteiger partial charge in [-0.3, -0.25) is 9.59 Å². The fraction of sp³-hybridized carbons (Fsp3) is 0.188. The zero-order valence-electron chi connectivity index (χ0n) is 11.7. The Bertz CT molecular complexity index is 704. The number of furan rings is 1. The second kappa shape index (κ2) is 5.75. The molecule has 0 spiro atoms. The van der Waals surface area contributed by atoms with Crippen molar-refractivity contribution in [2.75, 3.05) is 0 Å². The van der Waals surface area contributed by atoms with Gasteiger partial charge in [0.25, 0.3) is 0 Å². The van der Waals surface area contributed by atoms with Crippen LogP contribution in [0.3, 0.4) is 0 Å². The van der Waals surface area contributed by atoms with Gasteiger partial charge in [-0.2, -0.15) is 0 Å². The Morgan fingerprint density at radius 1 is 1.05 bits per heavy atom. The molecule has 1 aromatic carbocycles. The van der Waals surface area contributed by atoms with Gasteiger partial charge in [0.1, 0.15) is 5.76 Å². The predicted octanol–water partition coefficient (Wildman–Crippen LogP) is 2.79. The topological polar surface area (TPSA) is 84.6 Å². The lowest BCUT2D eigenvalue weighted by Crippen LogP contribution is -2.16. The molecule has 0 unspecified atom stereocenters. The summed E-state index contributed by atoms with van der Waals surface area (Å²) in [5, 5.41) is 8.49. The molecule has 0 aliphatic carbocycles. The van der Waals surface area contributed by atoms with Gasteiger partial charge in [-0.1, -0.05) is 17.2 Å². The summed E-state index contributed by atoms with van der Waals surface area (Å²) in [6.45, 7) is 3.91. The molecule has 0 saturated heterocycles. The van der Waals surface area contributed by atoms with Gasteiger partial charge in [0, 0.05) is 5.56 Å². The summed E-state index contributed by atoms with van der Waals surface area (Å²) in [5.41, 5.74) is 2.96. The third-order valence-corrected chi connectivity index (χ3v) is 2.95. The normalized spacial score (nSPS) is 10.4. The van der Waals surface area contributed by atoms with Crippen LogP contribution in [0.1, 0.15) is 28.1 Å². The van der Waals surface area contributed by atoms with Gasteiger partial charge < -0.3 is 9.52 Å². The van der Waals surface area contributed by atoms with Crippen molar-refractivity contribution in [1.82, 2.24) is 0 Å². The van der Waals surface area contributed by atoms with Gasteiger partial charge in [0.15, 0.2) is 5.76 Å². The van der Waals surface area contributed by atoms with Crippen molar-refractivity contribution in [3.8, 4) is 11.3 Å². The molecule has 0 fully saturated rings. The minimum Gasteiger partial charge on any atom is -0.475 e. The molecular weight excluding hydrogens is 272 g/mol. The van der Waals surface area contributed by atoms with Crippen LogP contribution in [0.5, 0.6) is 0 Å². The SMILES string of the molecule is Cc1cc(C)cc(-c2ccc(C(=O)CC(=O)C(=O)O)o2)c1. The summed E-state index contributed by atoms with van der Waals surface area (Å²) in [4.78, 5) is 33.2. The van der Waals surface area contributed by atoms with Crippen molar-refractivity contribution in [3.63, 3.8) is 0 Å². The summed E-state index contributed by atoms with van der Waals surface area (Å²) in [6.07, 6.45) is -0.699. The first-order valence-corrected chi connectivity index (χ1v) is 6.34. The molecule has 5 heteroatoms. The monoisotopic (exact) mass is 286 g/mol. The van der Waals surface area contributed by atoms with Crippen molar-refractivity contribution < 1.29 is 23.9 Å². The van der Waals surface area contributed by atoms with E-state index in [2.05, 4.69) is 0 Å². The first-order chi connectivity index (χ1) is 9.86. The number of hydrogen-bond acceptors (Lipinski definition) is 4. The molecule has 108 valence electrons. The second-order valence-corrected chi connectivity index (χ2v) is 4.87. The molecule has 21 heavy (non-hydrogen) atoms. The number of carbonyl (C=O) groups excluding carboxylic acids is 2. The molecule has 0 amide bonds. The summed E-state index contributed by atoms with van der Waals surface area (Å²) >= 11 is 0. The molecule has 1 N–H and O–H groups in total. The average Bonchev–Trinajstić information content (AvgIpc) is 2.86. The van der Waals surface area contributed by atoms with Crippen molar-refractivity contribution in [2.24, 2.45) is 0 Å². The number of carbonyl (C=O) groups is 3. The fourth-order valence-electron chi connectivity index (χ4n) is 2.07. The molecule has 1 heterocycles. The number of ketones is 2. The molecule has 0 aliphatic heterocycles. The first-order valence-electron chi connectivity index (χ1n) is 6.34. The number of carboxylic acid groups (broad SMARTS) is 1. The van der Waals surface area contributed by atoms with E-state index in [0.717, 1.165) is 16.7 Å². The van der Waals surface area contributed by atoms with Crippen LogP contribution < -0.4 is 0 Å². The maximum Gasteiger partial charge on any atom is 0.372 e. The molecule has 1 aromatic heterocycles. The Kier molecular flexibility index (Phi) is 4.03. The van der Waals surface area contributed by atoms with Gasteiger partial charge in [-0.25, -0.2) is 4.79 Å². The minimum atomic E-state index is -1.62. The molecule has 0 atom stereocenters. The Labute approximate surface area is 121 Å². The van der Waals surface area contributed by atoms with Gasteiger partial charge in [-0.05, 0) is 38.1 Å². The number of benzene rings is 1. The van der Waals surface area contributed by atoms with Crippen LogP contribution >= 0.6 is 0 Å². The Morgan fingerprint density at radius 2 is 1.67 bits per heavy atom. The van der Waals surface area contributed by atoms with E-state index in [9.17, 15) is 14.4 Å². The highest BCUT2D eigenvalue weighted by Gasteiger charge is 2.20. The summed E-state index contributed by atoms with van der Waals surface area (Å²) in [6, 6.07) is 8.94. The lowest BCUT2D eigenvalue weighted by Gasteiger charge is -2.02. The molecule has 0 aliphatic rings. The molecule has 0 radical (unpaired) electrons. The maximum atomic E-state index is 11.8. The Balaban J connectivity index is 2.23. The first kappa shape index (κ1) is 14.7. The van der Waals surface area contributed by atoms with Gasteiger partial charge in [-0.15, -0.1) is 0 Å². The molecule has 2 rings (SSSR count). The molecule has 5 nitrogen and oxygen atoms in total. The zero-order chi connectivity index (χ0) is 15.6. The second-order valence-electron chi connectivity index (χ2n) is 4.87. The van der Waals surface area contributed by atoms with Gasteiger partial charge in [0.2, 0.25) is 11.6 Å². The van der Waals surface area contributed by atoms with E-state index >= 15 is 0 Å². The van der Waals surface area contributed by atoms with Crippen LogP contribution in [0.4, 0.5) is 0 Å². The van der Waals surface area contributed by atoms with Crippen molar-refractivity contribution in [1.29, 1.82) is 0 Å². The highest BCUT2D eigenvalue weighted by Crippen LogP contribution is 2.25.